The van der Waals surface area contributed by atoms with E-state index in [0.717, 1.165) is 77.0 Å². The minimum Gasteiger partial charge on any atom is -0.756 e. The highest BCUT2D eigenvalue weighted by Crippen LogP contribution is 2.38. The van der Waals surface area contributed by atoms with Crippen LogP contribution in [0.1, 0.15) is 277 Å². The number of hydrogen-bond acceptors (Lipinski definition) is 8. The molecular weight excluding hydrogens is 954 g/mol. The summed E-state index contributed by atoms with van der Waals surface area (Å²) in [5.41, 5.74) is 0. The molecular formula is C65H118NO8P. The van der Waals surface area contributed by atoms with Gasteiger partial charge in [-0.1, -0.05) is 273 Å². The van der Waals surface area contributed by atoms with E-state index < -0.39 is 26.5 Å². The van der Waals surface area contributed by atoms with Crippen LogP contribution in [0.3, 0.4) is 0 Å². The van der Waals surface area contributed by atoms with Crippen molar-refractivity contribution >= 4 is 19.8 Å². The molecule has 0 amide bonds. The molecule has 0 fully saturated rings. The highest BCUT2D eigenvalue weighted by atomic mass is 31.2. The van der Waals surface area contributed by atoms with Crippen LogP contribution < -0.4 is 4.89 Å². The molecule has 0 heterocycles. The maximum absolute atomic E-state index is 12.8. The fourth-order valence-corrected chi connectivity index (χ4v) is 9.45. The van der Waals surface area contributed by atoms with Crippen LogP contribution in [0.15, 0.2) is 72.9 Å². The lowest BCUT2D eigenvalue weighted by Crippen LogP contribution is -2.37. The summed E-state index contributed by atoms with van der Waals surface area (Å²) in [5.74, 6) is -0.822. The average Bonchev–Trinajstić information content (AvgIpc) is 3.37. The SMILES string of the molecule is CC/C=C\C/C=C\C/C=C\C/C=C\C/C=C\C/C=C\CCCCCCCCCCCCCCCCCCCCC(=O)OC(COC(=O)CCCCCCCCCCCCCCCC)COP(=O)([O-])OCC[N+](C)(C)C. The van der Waals surface area contributed by atoms with Crippen LogP contribution in [0.25, 0.3) is 0 Å². The molecule has 0 saturated heterocycles. The number of phosphoric acid groups is 1. The molecule has 0 spiro atoms. The first-order valence-electron chi connectivity index (χ1n) is 31.1. The molecule has 0 aliphatic carbocycles. The van der Waals surface area contributed by atoms with Crippen LogP contribution in [-0.4, -0.2) is 70.0 Å². The molecule has 0 rings (SSSR count). The lowest BCUT2D eigenvalue weighted by Gasteiger charge is -2.28. The third-order valence-corrected chi connectivity index (χ3v) is 14.5. The number of unbranched alkanes of at least 4 members (excludes halogenated alkanes) is 31. The summed E-state index contributed by atoms with van der Waals surface area (Å²) in [5, 5.41) is 0. The van der Waals surface area contributed by atoms with E-state index in [1.165, 1.54) is 167 Å². The van der Waals surface area contributed by atoms with Crippen molar-refractivity contribution in [1.82, 2.24) is 0 Å². The number of rotatable bonds is 57. The van der Waals surface area contributed by atoms with E-state index in [0.29, 0.717) is 17.4 Å². The number of esters is 2. The van der Waals surface area contributed by atoms with Gasteiger partial charge in [-0.2, -0.15) is 0 Å². The van der Waals surface area contributed by atoms with Gasteiger partial charge in [-0.25, -0.2) is 0 Å². The molecule has 2 atom stereocenters. The molecule has 436 valence electrons. The summed E-state index contributed by atoms with van der Waals surface area (Å²) in [6, 6.07) is 0. The molecule has 75 heavy (non-hydrogen) atoms. The van der Waals surface area contributed by atoms with Gasteiger partial charge in [-0.15, -0.1) is 0 Å². The molecule has 0 aliphatic rings. The topological polar surface area (TPSA) is 111 Å². The van der Waals surface area contributed by atoms with Gasteiger partial charge in [-0.05, 0) is 64.2 Å². The number of carbonyl (C=O) groups is 2. The van der Waals surface area contributed by atoms with Gasteiger partial charge >= 0.3 is 11.9 Å². The van der Waals surface area contributed by atoms with Crippen LogP contribution in [0.4, 0.5) is 0 Å². The summed E-state index contributed by atoms with van der Waals surface area (Å²) in [6.07, 6.45) is 74.0. The van der Waals surface area contributed by atoms with Crippen molar-refractivity contribution in [2.45, 2.75) is 283 Å². The van der Waals surface area contributed by atoms with Gasteiger partial charge in [0.2, 0.25) is 0 Å². The number of nitrogens with zero attached hydrogens (tertiary/aromatic N) is 1. The molecule has 0 aromatic heterocycles. The minimum absolute atomic E-state index is 0.0298. The van der Waals surface area contributed by atoms with Crippen molar-refractivity contribution in [3.05, 3.63) is 72.9 Å². The van der Waals surface area contributed by atoms with Gasteiger partial charge in [0.1, 0.15) is 19.8 Å². The van der Waals surface area contributed by atoms with E-state index in [1.807, 2.05) is 21.1 Å². The summed E-state index contributed by atoms with van der Waals surface area (Å²) >= 11 is 0. The van der Waals surface area contributed by atoms with Gasteiger partial charge in [-0.3, -0.25) is 14.2 Å². The maximum Gasteiger partial charge on any atom is 0.306 e. The van der Waals surface area contributed by atoms with Crippen molar-refractivity contribution in [2.24, 2.45) is 0 Å². The number of allylic oxidation sites excluding steroid dienone is 12. The van der Waals surface area contributed by atoms with Crippen molar-refractivity contribution in [3.63, 3.8) is 0 Å². The standard InChI is InChI=1S/C65H118NO8P/c1-6-8-10-12-14-16-18-20-22-23-24-25-26-27-28-29-30-31-32-33-34-35-36-37-38-39-40-41-42-43-44-46-48-50-52-54-56-58-65(68)74-63(62-73-75(69,70)72-60-59-66(3,4)5)61-71-64(67)57-55-53-51-49-47-45-21-19-17-15-13-11-9-7-2/h8,10,14,16,20,22,24-25,27-28,30-31,63H,6-7,9,11-13,15,17-19,21,23,26,29,32-62H2,1-5H3/b10-8-,16-14-,22-20-,25-24-,28-27-,31-30-. The minimum atomic E-state index is -4.63. The first kappa shape index (κ1) is 72.5. The zero-order chi connectivity index (χ0) is 54.9. The van der Waals surface area contributed by atoms with E-state index in [9.17, 15) is 19.0 Å². The van der Waals surface area contributed by atoms with Crippen LogP contribution in [-0.2, 0) is 32.7 Å². The van der Waals surface area contributed by atoms with Crippen molar-refractivity contribution < 1.29 is 42.1 Å². The Labute approximate surface area is 463 Å². The van der Waals surface area contributed by atoms with E-state index in [1.54, 1.807) is 0 Å². The molecule has 2 unspecified atom stereocenters. The Morgan fingerprint density at radius 3 is 1.13 bits per heavy atom. The highest BCUT2D eigenvalue weighted by molar-refractivity contribution is 7.45. The molecule has 0 aromatic carbocycles. The first-order chi connectivity index (χ1) is 36.5. The Morgan fingerprint density at radius 1 is 0.427 bits per heavy atom. The normalized spacial score (nSPS) is 13.7. The summed E-state index contributed by atoms with van der Waals surface area (Å²) in [6.45, 7) is 4.15. The molecule has 10 heteroatoms. The van der Waals surface area contributed by atoms with Crippen LogP contribution in [0.5, 0.6) is 0 Å². The van der Waals surface area contributed by atoms with Crippen LogP contribution >= 0.6 is 7.82 Å². The summed E-state index contributed by atoms with van der Waals surface area (Å²) in [4.78, 5) is 37.8. The maximum atomic E-state index is 12.8. The fraction of sp³-hybridized carbons (Fsp3) is 0.785. The predicted molar refractivity (Wildman–Crippen MR) is 319 cm³/mol. The Balaban J connectivity index is 3.97. The quantitative estimate of drug-likeness (QED) is 0.0195. The molecule has 0 N–H and O–H groups in total. The number of ether oxygens (including phenoxy) is 2. The van der Waals surface area contributed by atoms with Crippen LogP contribution in [0.2, 0.25) is 0 Å². The van der Waals surface area contributed by atoms with Gasteiger partial charge in [0, 0.05) is 12.8 Å². The van der Waals surface area contributed by atoms with Crippen molar-refractivity contribution in [3.8, 4) is 0 Å². The van der Waals surface area contributed by atoms with E-state index in [4.69, 9.17) is 18.5 Å². The smallest absolute Gasteiger partial charge is 0.306 e. The van der Waals surface area contributed by atoms with Gasteiger partial charge in [0.25, 0.3) is 7.82 Å². The average molecular weight is 1070 g/mol. The highest BCUT2D eigenvalue weighted by Gasteiger charge is 2.22. The Bertz CT molecular complexity index is 1500. The second kappa shape index (κ2) is 56.2. The predicted octanol–water partition coefficient (Wildman–Crippen LogP) is 19.0. The number of phosphoric ester groups is 1. The van der Waals surface area contributed by atoms with Crippen LogP contribution in [0, 0.1) is 0 Å². The number of quaternary nitrogens is 1. The van der Waals surface area contributed by atoms with E-state index in [-0.39, 0.29) is 32.0 Å². The second-order valence-electron chi connectivity index (χ2n) is 22.0. The lowest BCUT2D eigenvalue weighted by molar-refractivity contribution is -0.870. The Kier molecular flexibility index (Phi) is 54.3. The molecule has 9 nitrogen and oxygen atoms in total. The zero-order valence-corrected chi connectivity index (χ0v) is 50.4. The van der Waals surface area contributed by atoms with Crippen molar-refractivity contribution in [1.29, 1.82) is 0 Å². The molecule has 0 bridgehead atoms. The molecule has 0 radical (unpaired) electrons. The first-order valence-corrected chi connectivity index (χ1v) is 32.6. The van der Waals surface area contributed by atoms with Gasteiger partial charge in [0.05, 0.1) is 27.7 Å². The Morgan fingerprint density at radius 2 is 0.760 bits per heavy atom. The third kappa shape index (κ3) is 60.5. The molecule has 0 aliphatic heterocycles. The Hall–Kier alpha value is -2.55. The monoisotopic (exact) mass is 1070 g/mol. The zero-order valence-electron chi connectivity index (χ0n) is 49.5. The number of hydrogen-bond donors (Lipinski definition) is 0. The van der Waals surface area contributed by atoms with Gasteiger partial charge in [0.15, 0.2) is 6.10 Å². The molecule has 0 saturated carbocycles. The van der Waals surface area contributed by atoms with E-state index >= 15 is 0 Å². The molecule has 0 aromatic rings. The fourth-order valence-electron chi connectivity index (χ4n) is 8.72. The van der Waals surface area contributed by atoms with E-state index in [2.05, 4.69) is 86.8 Å². The third-order valence-electron chi connectivity index (χ3n) is 13.5. The second-order valence-corrected chi connectivity index (χ2v) is 23.5. The number of likely N-dealkylation sites (N-methyl/N-ethyl adjacent to an activating group) is 1. The summed E-state index contributed by atoms with van der Waals surface area (Å²) in [7, 11) is 1.17. The lowest BCUT2D eigenvalue weighted by atomic mass is 10.0. The largest absolute Gasteiger partial charge is 0.756 e. The van der Waals surface area contributed by atoms with Crippen molar-refractivity contribution in [2.75, 3.05) is 47.5 Å². The van der Waals surface area contributed by atoms with Gasteiger partial charge < -0.3 is 27.9 Å². The summed E-state index contributed by atoms with van der Waals surface area (Å²) < 4.78 is 34.2. The number of carbonyl (C=O) groups excluding carboxylic acids is 2.